The number of fused-ring (bicyclic) bond motifs is 1. The van der Waals surface area contributed by atoms with Crippen LogP contribution in [0.15, 0.2) is 145 Å². The van der Waals surface area contributed by atoms with E-state index in [1.165, 1.54) is 12.4 Å². The molecule has 0 fully saturated rings. The average molecular weight is 935 g/mol. The SMILES string of the molecule is C=C/C(=C\C=C(/C)c1cnc(N)c(C(N)=NC)c1)CNc1ncc(C#N)nc1C(=O)Nc1ccc(C2c3cc(-c4ccc(CNc5ncc(C#N)nc5C(=O)Nc5ccc(C#N)cc5)cc4)cnc32)cc1. The van der Waals surface area contributed by atoms with Gasteiger partial charge >= 0.3 is 0 Å². The predicted molar refractivity (Wildman–Crippen MR) is 271 cm³/mol. The summed E-state index contributed by atoms with van der Waals surface area (Å²) >= 11 is 0. The van der Waals surface area contributed by atoms with E-state index in [4.69, 9.17) is 21.7 Å². The molecule has 0 saturated heterocycles. The number of carbonyl (C=O) groups is 2. The third-order valence-electron chi connectivity index (χ3n) is 11.3. The van der Waals surface area contributed by atoms with Crippen LogP contribution >= 0.6 is 0 Å². The van der Waals surface area contributed by atoms with Crippen molar-refractivity contribution in [3.8, 4) is 29.3 Å². The van der Waals surface area contributed by atoms with E-state index in [0.29, 0.717) is 29.0 Å². The molecule has 71 heavy (non-hydrogen) atoms. The summed E-state index contributed by atoms with van der Waals surface area (Å²) in [6, 6.07) is 31.6. The minimum absolute atomic E-state index is 0.00322. The maximum absolute atomic E-state index is 13.7. The number of rotatable bonds is 16. The van der Waals surface area contributed by atoms with Gasteiger partial charge in [-0.3, -0.25) is 19.6 Å². The molecule has 18 nitrogen and oxygen atoms in total. The van der Waals surface area contributed by atoms with E-state index in [2.05, 4.69) is 63.8 Å². The molecule has 18 heteroatoms. The summed E-state index contributed by atoms with van der Waals surface area (Å²) in [7, 11) is 1.58. The summed E-state index contributed by atoms with van der Waals surface area (Å²) in [5.41, 5.74) is 22.2. The van der Waals surface area contributed by atoms with Crippen LogP contribution in [0, 0.1) is 34.0 Å². The van der Waals surface area contributed by atoms with Crippen LogP contribution in [0.4, 0.5) is 28.8 Å². The summed E-state index contributed by atoms with van der Waals surface area (Å²) < 4.78 is 0. The highest BCUT2D eigenvalue weighted by Gasteiger charge is 2.36. The van der Waals surface area contributed by atoms with Crippen LogP contribution in [-0.4, -0.2) is 61.1 Å². The van der Waals surface area contributed by atoms with Gasteiger partial charge in [-0.05, 0) is 94.4 Å². The van der Waals surface area contributed by atoms with Gasteiger partial charge < -0.3 is 32.7 Å². The standard InChI is InChI=1S/C53H42N16O2/c1-4-31(6-5-30(2)36-19-43(48(57)59-3)49(58)61-26-36)24-62-50-46(66-40(22-55)28-64-50)53(71)69-39-17-13-35(14-18-39)44-42-20-37(27-60-45(42)44)34-11-7-33(8-12-34)25-63-51-47(67-41(23-56)29-65-51)52(70)68-38-15-9-32(21-54)10-16-38/h4-20,26-29,44H,1,24-25H2,2-3H3,(H2,57,59)(H2,58,61)(H,62,64)(H,63,65)(H,68,70)(H,69,71)/b30-5+,31-6+. The lowest BCUT2D eigenvalue weighted by Crippen LogP contribution is -2.19. The Hall–Kier alpha value is -10.4. The van der Waals surface area contributed by atoms with Crippen molar-refractivity contribution in [3.63, 3.8) is 0 Å². The van der Waals surface area contributed by atoms with Crippen molar-refractivity contribution in [1.29, 1.82) is 15.8 Å². The molecule has 8 N–H and O–H groups in total. The number of nitrogens with zero attached hydrogens (tertiary/aromatic N) is 10. The lowest BCUT2D eigenvalue weighted by atomic mass is 10.0. The lowest BCUT2D eigenvalue weighted by molar-refractivity contribution is 0.101. The van der Waals surface area contributed by atoms with E-state index in [1.807, 2.05) is 85.9 Å². The molecule has 4 aromatic heterocycles. The molecule has 346 valence electrons. The van der Waals surface area contributed by atoms with Gasteiger partial charge in [0.2, 0.25) is 0 Å². The second kappa shape index (κ2) is 21.1. The molecule has 1 unspecified atom stereocenters. The monoisotopic (exact) mass is 934 g/mol. The van der Waals surface area contributed by atoms with Gasteiger partial charge in [0.25, 0.3) is 11.8 Å². The minimum atomic E-state index is -0.560. The van der Waals surface area contributed by atoms with Crippen molar-refractivity contribution in [2.75, 3.05) is 40.6 Å². The molecular weight excluding hydrogens is 893 g/mol. The van der Waals surface area contributed by atoms with Crippen molar-refractivity contribution in [1.82, 2.24) is 29.9 Å². The summed E-state index contributed by atoms with van der Waals surface area (Å²) in [4.78, 5) is 57.0. The molecule has 4 heterocycles. The number of anilines is 5. The van der Waals surface area contributed by atoms with Gasteiger partial charge in [0.1, 0.15) is 23.8 Å². The summed E-state index contributed by atoms with van der Waals surface area (Å²) in [6.45, 7) is 6.42. The van der Waals surface area contributed by atoms with E-state index in [-0.39, 0.29) is 58.5 Å². The molecule has 3 aromatic carbocycles. The zero-order chi connectivity index (χ0) is 50.0. The molecule has 1 aliphatic carbocycles. The van der Waals surface area contributed by atoms with Gasteiger partial charge in [-0.25, -0.2) is 24.9 Å². The van der Waals surface area contributed by atoms with Crippen molar-refractivity contribution >= 4 is 52.1 Å². The Kier molecular flexibility index (Phi) is 14.0. The summed E-state index contributed by atoms with van der Waals surface area (Å²) in [6.07, 6.45) is 11.5. The molecule has 1 aliphatic rings. The summed E-state index contributed by atoms with van der Waals surface area (Å²) in [5.74, 6) is -0.147. The van der Waals surface area contributed by atoms with Gasteiger partial charge in [0, 0.05) is 49.5 Å². The van der Waals surface area contributed by atoms with Crippen LogP contribution in [0.3, 0.4) is 0 Å². The first-order chi connectivity index (χ1) is 34.5. The maximum atomic E-state index is 13.7. The van der Waals surface area contributed by atoms with E-state index >= 15 is 0 Å². The molecule has 0 bridgehead atoms. The van der Waals surface area contributed by atoms with Crippen molar-refractivity contribution in [2.45, 2.75) is 19.4 Å². The number of benzene rings is 3. The molecule has 7 aromatic rings. The van der Waals surface area contributed by atoms with Gasteiger partial charge in [-0.15, -0.1) is 0 Å². The van der Waals surface area contributed by atoms with Crippen LogP contribution in [0.2, 0.25) is 0 Å². The van der Waals surface area contributed by atoms with Gasteiger partial charge in [0.15, 0.2) is 34.4 Å². The highest BCUT2D eigenvalue weighted by molar-refractivity contribution is 6.07. The van der Waals surface area contributed by atoms with E-state index in [9.17, 15) is 20.1 Å². The number of nitrogens with one attached hydrogen (secondary N) is 4. The first-order valence-corrected chi connectivity index (χ1v) is 21.8. The number of allylic oxidation sites excluding steroid dienone is 3. The fraction of sp³-hybridized carbons (Fsp3) is 0.0943. The van der Waals surface area contributed by atoms with Crippen LogP contribution in [-0.2, 0) is 6.54 Å². The number of aromatic nitrogens is 6. The fourth-order valence-corrected chi connectivity index (χ4v) is 7.33. The Bertz CT molecular complexity index is 3450. The minimum Gasteiger partial charge on any atom is -0.383 e. The molecule has 2 amide bonds. The van der Waals surface area contributed by atoms with Gasteiger partial charge in [-0.1, -0.05) is 61.2 Å². The number of amidine groups is 1. The third kappa shape index (κ3) is 10.9. The third-order valence-corrected chi connectivity index (χ3v) is 11.3. The first kappa shape index (κ1) is 47.1. The number of carbonyl (C=O) groups excluding carboxylic acids is 2. The number of hydrogen-bond acceptors (Lipinski definition) is 15. The molecular formula is C53H42N16O2. The molecule has 0 saturated carbocycles. The molecule has 0 spiro atoms. The quantitative estimate of drug-likeness (QED) is 0.0311. The zero-order valence-electron chi connectivity index (χ0n) is 38.3. The number of nitrogens with two attached hydrogens (primary N) is 2. The summed E-state index contributed by atoms with van der Waals surface area (Å²) in [5, 5.41) is 40.0. The van der Waals surface area contributed by atoms with E-state index in [1.54, 1.807) is 55.7 Å². The molecule has 0 aliphatic heterocycles. The highest BCUT2D eigenvalue weighted by Crippen LogP contribution is 2.48. The number of nitriles is 3. The van der Waals surface area contributed by atoms with Crippen LogP contribution < -0.4 is 32.7 Å². The maximum Gasteiger partial charge on any atom is 0.278 e. The van der Waals surface area contributed by atoms with Crippen LogP contribution in [0.25, 0.3) is 16.7 Å². The normalized spacial score (nSPS) is 12.8. The van der Waals surface area contributed by atoms with Gasteiger partial charge in [0.05, 0.1) is 41.2 Å². The topological polar surface area (TPSA) is 295 Å². The first-order valence-electron chi connectivity index (χ1n) is 21.8. The number of aliphatic imine (C=N–C) groups is 1. The number of nitrogen functional groups attached to an aromatic ring is 1. The fourth-order valence-electron chi connectivity index (χ4n) is 7.33. The Morgan fingerprint density at radius 2 is 1.37 bits per heavy atom. The van der Waals surface area contributed by atoms with E-state index < -0.39 is 11.8 Å². The molecule has 0 radical (unpaired) electrons. The Morgan fingerprint density at radius 3 is 1.96 bits per heavy atom. The Balaban J connectivity index is 0.880. The van der Waals surface area contributed by atoms with E-state index in [0.717, 1.165) is 50.2 Å². The van der Waals surface area contributed by atoms with Crippen molar-refractivity contribution < 1.29 is 9.59 Å². The number of amides is 2. The van der Waals surface area contributed by atoms with Crippen molar-refractivity contribution in [2.24, 2.45) is 10.7 Å². The van der Waals surface area contributed by atoms with Crippen molar-refractivity contribution in [3.05, 3.63) is 202 Å². The highest BCUT2D eigenvalue weighted by atomic mass is 16.2. The van der Waals surface area contributed by atoms with Crippen LogP contribution in [0.5, 0.6) is 0 Å². The average Bonchev–Trinajstić information content (AvgIpc) is 4.14. The second-order valence-corrected chi connectivity index (χ2v) is 15.9. The molecule has 8 rings (SSSR count). The Labute approximate surface area is 407 Å². The molecule has 1 atom stereocenters. The largest absolute Gasteiger partial charge is 0.383 e. The predicted octanol–water partition coefficient (Wildman–Crippen LogP) is 7.49. The number of hydrogen-bond donors (Lipinski definition) is 6. The van der Waals surface area contributed by atoms with Gasteiger partial charge in [-0.2, -0.15) is 15.8 Å². The number of pyridine rings is 2. The second-order valence-electron chi connectivity index (χ2n) is 15.9. The zero-order valence-corrected chi connectivity index (χ0v) is 38.3. The smallest absolute Gasteiger partial charge is 0.278 e. The lowest BCUT2D eigenvalue weighted by Gasteiger charge is -2.12. The van der Waals surface area contributed by atoms with Crippen LogP contribution in [0.1, 0.15) is 84.3 Å². The Morgan fingerprint density at radius 1 is 0.746 bits per heavy atom.